The van der Waals surface area contributed by atoms with Crippen LogP contribution in [0.1, 0.15) is 22.8 Å². The first kappa shape index (κ1) is 15.8. The van der Waals surface area contributed by atoms with Crippen LogP contribution in [0.4, 0.5) is 5.69 Å². The molecule has 0 atom stereocenters. The molecule has 3 nitrogen and oxygen atoms in total. The fourth-order valence-electron chi connectivity index (χ4n) is 2.67. The average molecular weight is 317 g/mol. The van der Waals surface area contributed by atoms with Crippen molar-refractivity contribution < 1.29 is 9.90 Å². The summed E-state index contributed by atoms with van der Waals surface area (Å²) < 4.78 is 0. The number of carboxylic acids is 1. The highest BCUT2D eigenvalue weighted by atomic mass is 16.4. The number of anilines is 1. The fraction of sp³-hybridized carbons (Fsp3) is 0.0952. The van der Waals surface area contributed by atoms with Crippen molar-refractivity contribution >= 4 is 28.5 Å². The molecule has 24 heavy (non-hydrogen) atoms. The van der Waals surface area contributed by atoms with Crippen molar-refractivity contribution in [3.05, 3.63) is 83.4 Å². The monoisotopic (exact) mass is 317 g/mol. The van der Waals surface area contributed by atoms with Gasteiger partial charge in [-0.25, -0.2) is 4.79 Å². The molecule has 0 saturated heterocycles. The van der Waals surface area contributed by atoms with Crippen LogP contribution in [0.25, 0.3) is 16.8 Å². The summed E-state index contributed by atoms with van der Waals surface area (Å²) in [4.78, 5) is 10.9. The van der Waals surface area contributed by atoms with Gasteiger partial charge >= 0.3 is 5.97 Å². The predicted molar refractivity (Wildman–Crippen MR) is 99.5 cm³/mol. The second-order valence-corrected chi connectivity index (χ2v) is 5.80. The summed E-state index contributed by atoms with van der Waals surface area (Å²) in [5.41, 5.74) is 3.59. The van der Waals surface area contributed by atoms with E-state index in [1.807, 2.05) is 30.3 Å². The second kappa shape index (κ2) is 7.01. The van der Waals surface area contributed by atoms with E-state index in [4.69, 9.17) is 5.11 Å². The van der Waals surface area contributed by atoms with E-state index in [0.717, 1.165) is 17.8 Å². The molecule has 0 radical (unpaired) electrons. The summed E-state index contributed by atoms with van der Waals surface area (Å²) >= 11 is 0. The van der Waals surface area contributed by atoms with E-state index in [-0.39, 0.29) is 0 Å². The van der Waals surface area contributed by atoms with Gasteiger partial charge in [-0.05, 0) is 36.1 Å². The molecule has 0 amide bonds. The molecule has 0 aromatic heterocycles. The van der Waals surface area contributed by atoms with Gasteiger partial charge in [-0.1, -0.05) is 60.2 Å². The standard InChI is InChI=1S/C21H19NO2/c1-15(13-16-9-11-18(12-10-16)21(23)24)14-22-20-8-4-6-17-5-2-3-7-19(17)20/h2-13,22H,14H2,1H3,(H,23,24). The Hall–Kier alpha value is -3.07. The molecular formula is C21H19NO2. The fourth-order valence-corrected chi connectivity index (χ4v) is 2.67. The van der Waals surface area contributed by atoms with Crippen LogP contribution in [0.15, 0.2) is 72.3 Å². The van der Waals surface area contributed by atoms with Crippen LogP contribution in [0.2, 0.25) is 0 Å². The van der Waals surface area contributed by atoms with Gasteiger partial charge in [-0.15, -0.1) is 0 Å². The Morgan fingerprint density at radius 2 is 1.71 bits per heavy atom. The van der Waals surface area contributed by atoms with Gasteiger partial charge in [0, 0.05) is 17.6 Å². The SMILES string of the molecule is CC(=Cc1ccc(C(=O)O)cc1)CNc1cccc2ccccc12. The molecule has 0 aliphatic rings. The summed E-state index contributed by atoms with van der Waals surface area (Å²) in [5, 5.41) is 14.8. The number of nitrogens with one attached hydrogen (secondary N) is 1. The Morgan fingerprint density at radius 3 is 2.46 bits per heavy atom. The lowest BCUT2D eigenvalue weighted by atomic mass is 10.1. The number of hydrogen-bond donors (Lipinski definition) is 2. The van der Waals surface area contributed by atoms with Crippen molar-refractivity contribution in [1.29, 1.82) is 0 Å². The maximum atomic E-state index is 10.9. The molecule has 2 N–H and O–H groups in total. The predicted octanol–water partition coefficient (Wildman–Crippen LogP) is 5.05. The number of aromatic carboxylic acids is 1. The minimum atomic E-state index is -0.903. The molecule has 3 aromatic carbocycles. The first-order valence-electron chi connectivity index (χ1n) is 7.85. The second-order valence-electron chi connectivity index (χ2n) is 5.80. The highest BCUT2D eigenvalue weighted by Gasteiger charge is 2.02. The molecule has 0 unspecified atom stereocenters. The molecule has 3 heteroatoms. The molecule has 0 bridgehead atoms. The summed E-state index contributed by atoms with van der Waals surface area (Å²) in [7, 11) is 0. The lowest BCUT2D eigenvalue weighted by Crippen LogP contribution is -2.03. The average Bonchev–Trinajstić information content (AvgIpc) is 2.60. The Balaban J connectivity index is 1.72. The van der Waals surface area contributed by atoms with Crippen molar-refractivity contribution in [3.8, 4) is 0 Å². The zero-order chi connectivity index (χ0) is 16.9. The van der Waals surface area contributed by atoms with E-state index in [2.05, 4.69) is 42.6 Å². The van der Waals surface area contributed by atoms with Gasteiger partial charge in [-0.2, -0.15) is 0 Å². The van der Waals surface area contributed by atoms with E-state index in [1.165, 1.54) is 16.3 Å². The Morgan fingerprint density at radius 1 is 1.00 bits per heavy atom. The zero-order valence-corrected chi connectivity index (χ0v) is 13.5. The molecule has 0 saturated carbocycles. The molecule has 0 fully saturated rings. The van der Waals surface area contributed by atoms with E-state index >= 15 is 0 Å². The molecule has 120 valence electrons. The molecule has 0 heterocycles. The molecule has 0 spiro atoms. The number of carbonyl (C=O) groups is 1. The first-order chi connectivity index (χ1) is 11.6. The minimum Gasteiger partial charge on any atom is -0.478 e. The quantitative estimate of drug-likeness (QED) is 0.692. The molecule has 0 aliphatic carbocycles. The molecular weight excluding hydrogens is 298 g/mol. The normalized spacial score (nSPS) is 11.5. The summed E-state index contributed by atoms with van der Waals surface area (Å²) in [6, 6.07) is 21.4. The van der Waals surface area contributed by atoms with Gasteiger partial charge < -0.3 is 10.4 Å². The lowest BCUT2D eigenvalue weighted by molar-refractivity contribution is 0.0697. The van der Waals surface area contributed by atoms with E-state index in [1.54, 1.807) is 12.1 Å². The summed E-state index contributed by atoms with van der Waals surface area (Å²) in [5.74, 6) is -0.903. The number of benzene rings is 3. The van der Waals surface area contributed by atoms with Crippen molar-refractivity contribution in [2.75, 3.05) is 11.9 Å². The largest absolute Gasteiger partial charge is 0.478 e. The third-order valence-electron chi connectivity index (χ3n) is 3.92. The van der Waals surface area contributed by atoms with Crippen molar-refractivity contribution in [1.82, 2.24) is 0 Å². The van der Waals surface area contributed by atoms with Crippen molar-refractivity contribution in [3.63, 3.8) is 0 Å². The minimum absolute atomic E-state index is 0.304. The number of rotatable bonds is 5. The Bertz CT molecular complexity index is 890. The van der Waals surface area contributed by atoms with Crippen LogP contribution in [0, 0.1) is 0 Å². The van der Waals surface area contributed by atoms with Crippen LogP contribution in [0.5, 0.6) is 0 Å². The highest BCUT2D eigenvalue weighted by molar-refractivity contribution is 5.93. The third-order valence-corrected chi connectivity index (χ3v) is 3.92. The first-order valence-corrected chi connectivity index (χ1v) is 7.85. The van der Waals surface area contributed by atoms with E-state index < -0.39 is 5.97 Å². The lowest BCUT2D eigenvalue weighted by Gasteiger charge is -2.10. The van der Waals surface area contributed by atoms with Gasteiger partial charge in [0.1, 0.15) is 0 Å². The number of fused-ring (bicyclic) bond motifs is 1. The molecule has 0 aliphatic heterocycles. The topological polar surface area (TPSA) is 49.3 Å². The maximum absolute atomic E-state index is 10.9. The smallest absolute Gasteiger partial charge is 0.335 e. The summed E-state index contributed by atoms with van der Waals surface area (Å²) in [6.07, 6.45) is 2.06. The van der Waals surface area contributed by atoms with Crippen LogP contribution in [-0.2, 0) is 0 Å². The maximum Gasteiger partial charge on any atom is 0.335 e. The van der Waals surface area contributed by atoms with Crippen LogP contribution >= 0.6 is 0 Å². The van der Waals surface area contributed by atoms with E-state index in [0.29, 0.717) is 5.56 Å². The van der Waals surface area contributed by atoms with Gasteiger partial charge in [0.2, 0.25) is 0 Å². The Kier molecular flexibility index (Phi) is 4.62. The van der Waals surface area contributed by atoms with Crippen LogP contribution in [0.3, 0.4) is 0 Å². The van der Waals surface area contributed by atoms with Gasteiger partial charge in [0.05, 0.1) is 5.56 Å². The van der Waals surface area contributed by atoms with E-state index in [9.17, 15) is 4.79 Å². The van der Waals surface area contributed by atoms with Crippen LogP contribution < -0.4 is 5.32 Å². The van der Waals surface area contributed by atoms with Gasteiger partial charge in [-0.3, -0.25) is 0 Å². The molecule has 3 aromatic rings. The van der Waals surface area contributed by atoms with Gasteiger partial charge in [0.15, 0.2) is 0 Å². The number of carboxylic acid groups (broad SMARTS) is 1. The van der Waals surface area contributed by atoms with Gasteiger partial charge in [0.25, 0.3) is 0 Å². The third kappa shape index (κ3) is 3.63. The summed E-state index contributed by atoms with van der Waals surface area (Å²) in [6.45, 7) is 2.79. The van der Waals surface area contributed by atoms with Crippen LogP contribution in [-0.4, -0.2) is 17.6 Å². The zero-order valence-electron chi connectivity index (χ0n) is 13.5. The number of hydrogen-bond acceptors (Lipinski definition) is 2. The Labute approximate surface area is 141 Å². The molecule has 3 rings (SSSR count). The highest BCUT2D eigenvalue weighted by Crippen LogP contribution is 2.23. The van der Waals surface area contributed by atoms with Crippen molar-refractivity contribution in [2.24, 2.45) is 0 Å². The van der Waals surface area contributed by atoms with Crippen molar-refractivity contribution in [2.45, 2.75) is 6.92 Å².